The van der Waals surface area contributed by atoms with Gasteiger partial charge in [0, 0.05) is 57.9 Å². The Morgan fingerprint density at radius 3 is 2.62 bits per heavy atom. The van der Waals surface area contributed by atoms with Gasteiger partial charge in [0.25, 0.3) is 0 Å². The van der Waals surface area contributed by atoms with Crippen molar-refractivity contribution < 1.29 is 9.26 Å². The summed E-state index contributed by atoms with van der Waals surface area (Å²) in [5, 5.41) is 7.49. The molecular formula is C21H32IN5O2. The molecule has 8 heteroatoms. The molecule has 0 aliphatic carbocycles. The van der Waals surface area contributed by atoms with E-state index in [1.54, 1.807) is 6.26 Å². The summed E-state index contributed by atoms with van der Waals surface area (Å²) in [6, 6.07) is 10.1. The Morgan fingerprint density at radius 2 is 1.97 bits per heavy atom. The van der Waals surface area contributed by atoms with Crippen LogP contribution < -0.4 is 10.1 Å². The summed E-state index contributed by atoms with van der Waals surface area (Å²) in [6.45, 7) is 10.4. The van der Waals surface area contributed by atoms with E-state index >= 15 is 0 Å². The number of rotatable bonds is 7. The number of para-hydroxylation sites is 1. The first-order valence-electron chi connectivity index (χ1n) is 9.93. The molecule has 3 rings (SSSR count). The minimum Gasteiger partial charge on any atom is -0.493 e. The zero-order chi connectivity index (χ0) is 19.8. The first kappa shape index (κ1) is 23.5. The number of hydrogen-bond acceptors (Lipinski definition) is 5. The molecule has 0 radical (unpaired) electrons. The van der Waals surface area contributed by atoms with Crippen LogP contribution in [-0.2, 0) is 13.1 Å². The van der Waals surface area contributed by atoms with Crippen molar-refractivity contribution >= 4 is 29.9 Å². The molecule has 0 saturated carbocycles. The first-order valence-corrected chi connectivity index (χ1v) is 9.93. The molecule has 1 aliphatic heterocycles. The van der Waals surface area contributed by atoms with Crippen molar-refractivity contribution in [3.05, 3.63) is 47.9 Å². The number of halogens is 1. The lowest BCUT2D eigenvalue weighted by Crippen LogP contribution is -2.52. The highest BCUT2D eigenvalue weighted by molar-refractivity contribution is 14.0. The maximum absolute atomic E-state index is 5.96. The summed E-state index contributed by atoms with van der Waals surface area (Å²) in [5.74, 6) is 2.37. The van der Waals surface area contributed by atoms with Crippen LogP contribution >= 0.6 is 24.0 Å². The van der Waals surface area contributed by atoms with Crippen molar-refractivity contribution in [1.82, 2.24) is 20.3 Å². The highest BCUT2D eigenvalue weighted by Crippen LogP contribution is 2.18. The first-order chi connectivity index (χ1) is 13.7. The summed E-state index contributed by atoms with van der Waals surface area (Å²) < 4.78 is 10.9. The number of aliphatic imine (C=N–C) groups is 1. The van der Waals surface area contributed by atoms with Gasteiger partial charge in [-0.25, -0.2) is 0 Å². The van der Waals surface area contributed by atoms with Gasteiger partial charge in [-0.1, -0.05) is 37.2 Å². The largest absolute Gasteiger partial charge is 0.493 e. The zero-order valence-corrected chi connectivity index (χ0v) is 19.8. The lowest BCUT2D eigenvalue weighted by atomic mass is 10.2. The van der Waals surface area contributed by atoms with Gasteiger partial charge in [0.2, 0.25) is 0 Å². The van der Waals surface area contributed by atoms with E-state index in [2.05, 4.69) is 45.2 Å². The van der Waals surface area contributed by atoms with Crippen molar-refractivity contribution in [2.45, 2.75) is 26.9 Å². The monoisotopic (exact) mass is 513 g/mol. The minimum absolute atomic E-state index is 0. The Balaban J connectivity index is 0.00000300. The molecular weight excluding hydrogens is 481 g/mol. The molecule has 29 heavy (non-hydrogen) atoms. The number of hydrogen-bond donors (Lipinski definition) is 1. The summed E-state index contributed by atoms with van der Waals surface area (Å²) in [7, 11) is 1.84. The molecule has 1 saturated heterocycles. The fourth-order valence-electron chi connectivity index (χ4n) is 3.22. The number of benzene rings is 1. The third-order valence-electron chi connectivity index (χ3n) is 4.74. The van der Waals surface area contributed by atoms with Crippen molar-refractivity contribution in [3.63, 3.8) is 0 Å². The van der Waals surface area contributed by atoms with Crippen molar-refractivity contribution in [2.75, 3.05) is 39.8 Å². The van der Waals surface area contributed by atoms with E-state index in [0.717, 1.165) is 62.3 Å². The quantitative estimate of drug-likeness (QED) is 0.349. The third kappa shape index (κ3) is 7.18. The second-order valence-electron chi connectivity index (χ2n) is 7.47. The van der Waals surface area contributed by atoms with Crippen LogP contribution in [0.5, 0.6) is 5.75 Å². The Kier molecular flexibility index (Phi) is 9.72. The highest BCUT2D eigenvalue weighted by atomic mass is 127. The van der Waals surface area contributed by atoms with E-state index in [-0.39, 0.29) is 24.0 Å². The van der Waals surface area contributed by atoms with Crippen LogP contribution in [-0.4, -0.2) is 60.7 Å². The lowest BCUT2D eigenvalue weighted by Gasteiger charge is -2.36. The van der Waals surface area contributed by atoms with Crippen LogP contribution in [0.25, 0.3) is 0 Å². The van der Waals surface area contributed by atoms with Crippen molar-refractivity contribution in [3.8, 4) is 5.75 Å². The topological polar surface area (TPSA) is 66.1 Å². The average molecular weight is 513 g/mol. The van der Waals surface area contributed by atoms with Gasteiger partial charge in [0.15, 0.2) is 5.96 Å². The number of ether oxygens (including phenoxy) is 1. The van der Waals surface area contributed by atoms with Crippen LogP contribution in [0.4, 0.5) is 0 Å². The normalized spacial score (nSPS) is 15.3. The van der Waals surface area contributed by atoms with Crippen LogP contribution in [0.2, 0.25) is 0 Å². The summed E-state index contributed by atoms with van der Waals surface area (Å²) >= 11 is 0. The van der Waals surface area contributed by atoms with Gasteiger partial charge < -0.3 is 19.5 Å². The summed E-state index contributed by atoms with van der Waals surface area (Å²) in [5.41, 5.74) is 2.13. The van der Waals surface area contributed by atoms with E-state index in [0.29, 0.717) is 12.5 Å². The molecule has 7 nitrogen and oxygen atoms in total. The van der Waals surface area contributed by atoms with Gasteiger partial charge in [0.05, 0.1) is 12.3 Å². The van der Waals surface area contributed by atoms with E-state index < -0.39 is 0 Å². The molecule has 0 amide bonds. The molecule has 1 N–H and O–H groups in total. The number of nitrogens with zero attached hydrogens (tertiary/aromatic N) is 4. The van der Waals surface area contributed by atoms with Crippen LogP contribution in [0, 0.1) is 5.92 Å². The fourth-order valence-corrected chi connectivity index (χ4v) is 3.22. The van der Waals surface area contributed by atoms with E-state index in [4.69, 9.17) is 9.26 Å². The van der Waals surface area contributed by atoms with E-state index in [1.165, 1.54) is 0 Å². The summed E-state index contributed by atoms with van der Waals surface area (Å²) in [4.78, 5) is 9.16. The molecule has 0 bridgehead atoms. The maximum Gasteiger partial charge on any atom is 0.194 e. The number of guanidine groups is 1. The predicted molar refractivity (Wildman–Crippen MR) is 126 cm³/mol. The summed E-state index contributed by atoms with van der Waals surface area (Å²) in [6.07, 6.45) is 1.63. The third-order valence-corrected chi connectivity index (χ3v) is 4.74. The number of piperazine rings is 1. The van der Waals surface area contributed by atoms with Gasteiger partial charge in [-0.2, -0.15) is 0 Å². The standard InChI is InChI=1S/C21H31N5O2.HI/c1-17(2)16-27-20-7-5-4-6-18(20)14-23-21(22-3)26-11-9-25(10-12-26)15-19-8-13-28-24-19;/h4-8,13,17H,9-12,14-16H2,1-3H3,(H,22,23);1H. The lowest BCUT2D eigenvalue weighted by molar-refractivity contribution is 0.169. The average Bonchev–Trinajstić information content (AvgIpc) is 3.22. The zero-order valence-electron chi connectivity index (χ0n) is 17.5. The van der Waals surface area contributed by atoms with Crippen molar-refractivity contribution in [1.29, 1.82) is 0 Å². The minimum atomic E-state index is 0. The molecule has 1 aliphatic rings. The molecule has 0 spiro atoms. The molecule has 2 aromatic rings. The van der Waals surface area contributed by atoms with Crippen molar-refractivity contribution in [2.24, 2.45) is 10.9 Å². The molecule has 1 aromatic heterocycles. The van der Waals surface area contributed by atoms with E-state index in [1.807, 2.05) is 31.3 Å². The molecule has 2 heterocycles. The van der Waals surface area contributed by atoms with Crippen LogP contribution in [0.3, 0.4) is 0 Å². The van der Waals surface area contributed by atoms with Crippen LogP contribution in [0.1, 0.15) is 25.1 Å². The molecule has 0 atom stereocenters. The van der Waals surface area contributed by atoms with Gasteiger partial charge in [-0.15, -0.1) is 24.0 Å². The van der Waals surface area contributed by atoms with Gasteiger partial charge >= 0.3 is 0 Å². The van der Waals surface area contributed by atoms with E-state index in [9.17, 15) is 0 Å². The Morgan fingerprint density at radius 1 is 1.21 bits per heavy atom. The van der Waals surface area contributed by atoms with Gasteiger partial charge in [-0.05, 0) is 12.0 Å². The SMILES string of the molecule is CN=C(NCc1ccccc1OCC(C)C)N1CCN(Cc2ccon2)CC1.I. The Labute approximate surface area is 190 Å². The molecule has 0 unspecified atom stereocenters. The molecule has 1 aromatic carbocycles. The number of nitrogens with one attached hydrogen (secondary N) is 1. The smallest absolute Gasteiger partial charge is 0.194 e. The van der Waals surface area contributed by atoms with Gasteiger partial charge in [-0.3, -0.25) is 9.89 Å². The highest BCUT2D eigenvalue weighted by Gasteiger charge is 2.20. The molecule has 160 valence electrons. The second-order valence-corrected chi connectivity index (χ2v) is 7.47. The van der Waals surface area contributed by atoms with Gasteiger partial charge in [0.1, 0.15) is 12.0 Å². The number of aromatic nitrogens is 1. The molecule has 1 fully saturated rings. The maximum atomic E-state index is 5.96. The predicted octanol–water partition coefficient (Wildman–Crippen LogP) is 3.22. The Hall–Kier alpha value is -1.81. The van der Waals surface area contributed by atoms with Crippen LogP contribution in [0.15, 0.2) is 46.1 Å². The second kappa shape index (κ2) is 12.0. The fraction of sp³-hybridized carbons (Fsp3) is 0.524. The Bertz CT molecular complexity index is 743.